The van der Waals surface area contributed by atoms with Crippen molar-refractivity contribution in [2.45, 2.75) is 144 Å². The highest BCUT2D eigenvalue weighted by atomic mass is 16.5. The summed E-state index contributed by atoms with van der Waals surface area (Å²) < 4.78 is 11.2. The largest absolute Gasteiger partial charge is 0.461 e. The van der Waals surface area contributed by atoms with E-state index in [4.69, 9.17) is 9.47 Å². The molecule has 48 heavy (non-hydrogen) atoms. The Morgan fingerprint density at radius 3 is 1.08 bits per heavy atom. The fourth-order valence-electron chi connectivity index (χ4n) is 5.92. The Bertz CT molecular complexity index is 998. The highest BCUT2D eigenvalue weighted by molar-refractivity contribution is 5.70. The third-order valence-electron chi connectivity index (χ3n) is 9.12. The number of carbonyl (C=O) groups excluding carboxylic acids is 2. The molecule has 0 bridgehead atoms. The molecule has 0 aliphatic carbocycles. The van der Waals surface area contributed by atoms with Crippen molar-refractivity contribution in [1.82, 2.24) is 9.80 Å². The van der Waals surface area contributed by atoms with Gasteiger partial charge in [0.15, 0.2) is 0 Å². The molecule has 0 radical (unpaired) electrons. The number of hydrogen-bond donors (Lipinski definition) is 0. The van der Waals surface area contributed by atoms with Gasteiger partial charge >= 0.3 is 11.9 Å². The number of carbonyl (C=O) groups is 2. The van der Waals surface area contributed by atoms with E-state index < -0.39 is 0 Å². The van der Waals surface area contributed by atoms with Gasteiger partial charge in [-0.05, 0) is 74.1 Å². The molecule has 0 aliphatic rings. The number of nitrogens with zero attached hydrogens (tertiary/aromatic N) is 2. The first-order chi connectivity index (χ1) is 23.5. The van der Waals surface area contributed by atoms with Crippen molar-refractivity contribution in [2.24, 2.45) is 0 Å². The van der Waals surface area contributed by atoms with E-state index in [9.17, 15) is 9.59 Å². The van der Waals surface area contributed by atoms with Crippen molar-refractivity contribution < 1.29 is 19.1 Å². The molecule has 0 heterocycles. The summed E-state index contributed by atoms with van der Waals surface area (Å²) in [5, 5.41) is 0. The zero-order chi connectivity index (χ0) is 34.7. The van der Waals surface area contributed by atoms with E-state index >= 15 is 0 Å². The maximum Gasteiger partial charge on any atom is 0.307 e. The van der Waals surface area contributed by atoms with Crippen LogP contribution < -0.4 is 0 Å². The monoisotopic (exact) mass is 665 g/mol. The van der Waals surface area contributed by atoms with E-state index in [0.29, 0.717) is 26.1 Å². The molecule has 0 spiro atoms. The molecular formula is C42H68N2O4. The zero-order valence-corrected chi connectivity index (χ0v) is 31.1. The van der Waals surface area contributed by atoms with Crippen molar-refractivity contribution in [3.8, 4) is 11.1 Å². The average Bonchev–Trinajstić information content (AvgIpc) is 3.11. The van der Waals surface area contributed by atoms with Gasteiger partial charge in [0.2, 0.25) is 0 Å². The van der Waals surface area contributed by atoms with Gasteiger partial charge in [-0.1, -0.05) is 140 Å². The summed E-state index contributed by atoms with van der Waals surface area (Å²) in [5.74, 6) is -0.257. The number of benzene rings is 2. The second-order valence-electron chi connectivity index (χ2n) is 13.4. The molecule has 0 aromatic heterocycles. The quantitative estimate of drug-likeness (QED) is 0.0637. The van der Waals surface area contributed by atoms with Crippen LogP contribution in [0.25, 0.3) is 11.1 Å². The Morgan fingerprint density at radius 2 is 0.750 bits per heavy atom. The van der Waals surface area contributed by atoms with E-state index in [0.717, 1.165) is 61.5 Å². The fourth-order valence-corrected chi connectivity index (χ4v) is 5.92. The third kappa shape index (κ3) is 19.3. The Balaban J connectivity index is 1.74. The molecule has 0 aliphatic heterocycles. The smallest absolute Gasteiger partial charge is 0.307 e. The SMILES string of the molecule is CCCCCCN(CCCCC)CCC(=O)OCc1ccc(-c2ccc(COC(=O)CCN(CCCCC)CCCCCC)cc2)cc1. The molecule has 6 nitrogen and oxygen atoms in total. The van der Waals surface area contributed by atoms with Gasteiger partial charge in [-0.2, -0.15) is 0 Å². The predicted octanol–water partition coefficient (Wildman–Crippen LogP) is 10.4. The first-order valence-corrected chi connectivity index (χ1v) is 19.4. The molecule has 0 saturated heterocycles. The molecule has 0 atom stereocenters. The summed E-state index contributed by atoms with van der Waals surface area (Å²) in [5.41, 5.74) is 4.17. The van der Waals surface area contributed by atoms with Crippen LogP contribution in [0.3, 0.4) is 0 Å². The van der Waals surface area contributed by atoms with Crippen LogP contribution in [0.15, 0.2) is 48.5 Å². The van der Waals surface area contributed by atoms with Crippen LogP contribution in [-0.4, -0.2) is 61.0 Å². The van der Waals surface area contributed by atoms with Crippen molar-refractivity contribution in [1.29, 1.82) is 0 Å². The number of unbranched alkanes of at least 4 members (excludes halogenated alkanes) is 10. The van der Waals surface area contributed by atoms with Gasteiger partial charge in [0.05, 0.1) is 12.8 Å². The van der Waals surface area contributed by atoms with E-state index in [1.165, 1.54) is 89.9 Å². The number of rotatable bonds is 29. The minimum Gasteiger partial charge on any atom is -0.461 e. The highest BCUT2D eigenvalue weighted by Crippen LogP contribution is 2.21. The number of hydrogen-bond acceptors (Lipinski definition) is 6. The summed E-state index contributed by atoms with van der Waals surface area (Å²) in [6.45, 7) is 15.4. The topological polar surface area (TPSA) is 59.1 Å². The molecule has 0 N–H and O–H groups in total. The van der Waals surface area contributed by atoms with E-state index in [2.05, 4.69) is 61.8 Å². The van der Waals surface area contributed by atoms with Crippen molar-refractivity contribution in [3.05, 3.63) is 59.7 Å². The van der Waals surface area contributed by atoms with Gasteiger partial charge < -0.3 is 19.3 Å². The molecular weight excluding hydrogens is 596 g/mol. The first-order valence-electron chi connectivity index (χ1n) is 19.4. The molecule has 6 heteroatoms. The van der Waals surface area contributed by atoms with Gasteiger partial charge in [-0.3, -0.25) is 9.59 Å². The summed E-state index contributed by atoms with van der Waals surface area (Å²) in [4.78, 5) is 29.9. The van der Waals surface area contributed by atoms with Crippen LogP contribution in [0, 0.1) is 0 Å². The van der Waals surface area contributed by atoms with Gasteiger partial charge in [0.25, 0.3) is 0 Å². The standard InChI is InChI=1S/C42H68N2O4/c1-5-9-13-17-31-43(29-15-11-7-3)33-27-41(45)47-35-37-19-23-39(24-20-37)40-25-21-38(22-26-40)36-48-42(46)28-34-44(30-16-12-8-4)32-18-14-10-6-2/h19-26H,5-18,27-36H2,1-4H3. The van der Waals surface area contributed by atoms with Crippen LogP contribution in [-0.2, 0) is 32.3 Å². The molecule has 270 valence electrons. The van der Waals surface area contributed by atoms with E-state index in [1.807, 2.05) is 24.3 Å². The minimum absolute atomic E-state index is 0.129. The third-order valence-corrected chi connectivity index (χ3v) is 9.12. The highest BCUT2D eigenvalue weighted by Gasteiger charge is 2.12. The number of ether oxygens (including phenoxy) is 2. The van der Waals surface area contributed by atoms with Gasteiger partial charge in [-0.15, -0.1) is 0 Å². The van der Waals surface area contributed by atoms with Gasteiger partial charge in [-0.25, -0.2) is 0 Å². The van der Waals surface area contributed by atoms with Crippen LogP contribution in [0.1, 0.15) is 142 Å². The molecule has 0 unspecified atom stereocenters. The average molecular weight is 665 g/mol. The maximum atomic E-state index is 12.5. The Labute approximate surface area is 294 Å². The molecule has 2 rings (SSSR count). The second kappa shape index (κ2) is 27.2. The summed E-state index contributed by atoms with van der Waals surface area (Å²) in [7, 11) is 0. The molecule has 2 aromatic rings. The lowest BCUT2D eigenvalue weighted by atomic mass is 10.0. The Hall–Kier alpha value is -2.70. The lowest BCUT2D eigenvalue weighted by Crippen LogP contribution is -2.29. The van der Waals surface area contributed by atoms with Crippen LogP contribution in [0.2, 0.25) is 0 Å². The normalized spacial score (nSPS) is 11.4. The fraction of sp³-hybridized carbons (Fsp3) is 0.667. The van der Waals surface area contributed by atoms with Crippen LogP contribution >= 0.6 is 0 Å². The van der Waals surface area contributed by atoms with Crippen LogP contribution in [0.4, 0.5) is 0 Å². The first kappa shape index (κ1) is 41.5. The Morgan fingerprint density at radius 1 is 0.438 bits per heavy atom. The van der Waals surface area contributed by atoms with Crippen molar-refractivity contribution in [3.63, 3.8) is 0 Å². The lowest BCUT2D eigenvalue weighted by Gasteiger charge is -2.22. The minimum atomic E-state index is -0.129. The predicted molar refractivity (Wildman–Crippen MR) is 201 cm³/mol. The summed E-state index contributed by atoms with van der Waals surface area (Å²) >= 11 is 0. The summed E-state index contributed by atoms with van der Waals surface area (Å²) in [6.07, 6.45) is 18.2. The van der Waals surface area contributed by atoms with Crippen molar-refractivity contribution in [2.75, 3.05) is 39.3 Å². The Kier molecular flexibility index (Phi) is 23.5. The van der Waals surface area contributed by atoms with Gasteiger partial charge in [0.1, 0.15) is 13.2 Å². The second-order valence-corrected chi connectivity index (χ2v) is 13.4. The summed E-state index contributed by atoms with van der Waals surface area (Å²) in [6, 6.07) is 16.4. The zero-order valence-electron chi connectivity index (χ0n) is 31.1. The van der Waals surface area contributed by atoms with E-state index in [1.54, 1.807) is 0 Å². The molecule has 2 aromatic carbocycles. The number of esters is 2. The molecule has 0 saturated carbocycles. The molecule has 0 fully saturated rings. The van der Waals surface area contributed by atoms with Gasteiger partial charge in [0, 0.05) is 13.1 Å². The van der Waals surface area contributed by atoms with Crippen LogP contribution in [0.5, 0.6) is 0 Å². The molecule has 0 amide bonds. The van der Waals surface area contributed by atoms with Crippen molar-refractivity contribution >= 4 is 11.9 Å². The van der Waals surface area contributed by atoms with E-state index in [-0.39, 0.29) is 11.9 Å². The maximum absolute atomic E-state index is 12.5. The lowest BCUT2D eigenvalue weighted by molar-refractivity contribution is -0.146.